The zero-order valence-electron chi connectivity index (χ0n) is 9.61. The summed E-state index contributed by atoms with van der Waals surface area (Å²) in [6.07, 6.45) is 6.16. The second kappa shape index (κ2) is 5.25. The number of hydrogen-bond acceptors (Lipinski definition) is 1. The van der Waals surface area contributed by atoms with Gasteiger partial charge >= 0.3 is 0 Å². The van der Waals surface area contributed by atoms with E-state index in [-0.39, 0.29) is 10.8 Å². The van der Waals surface area contributed by atoms with E-state index in [1.165, 1.54) is 12.8 Å². The molecule has 0 aromatic heterocycles. The highest BCUT2D eigenvalue weighted by atomic mass is 79.9. The fraction of sp³-hybridized carbons (Fsp3) is 0.538. The molecule has 1 fully saturated rings. The van der Waals surface area contributed by atoms with Crippen molar-refractivity contribution in [3.05, 3.63) is 33.0 Å². The van der Waals surface area contributed by atoms with Gasteiger partial charge in [0.15, 0.2) is 0 Å². The molecule has 0 bridgehead atoms. The summed E-state index contributed by atoms with van der Waals surface area (Å²) in [5.74, 6) is -0.370. The minimum absolute atomic E-state index is 0.136. The molecular weight excluding hydrogens is 305 g/mol. The third-order valence-corrected chi connectivity index (χ3v) is 4.83. The van der Waals surface area contributed by atoms with Crippen LogP contribution in [-0.2, 0) is 5.54 Å². The van der Waals surface area contributed by atoms with Crippen molar-refractivity contribution in [1.29, 1.82) is 0 Å². The molecule has 1 aliphatic rings. The van der Waals surface area contributed by atoms with Crippen LogP contribution in [-0.4, -0.2) is 0 Å². The van der Waals surface area contributed by atoms with Gasteiger partial charge in [0.05, 0.1) is 5.02 Å². The van der Waals surface area contributed by atoms with Gasteiger partial charge in [-0.05, 0) is 34.8 Å². The van der Waals surface area contributed by atoms with Gasteiger partial charge in [0.1, 0.15) is 5.82 Å². The highest BCUT2D eigenvalue weighted by Gasteiger charge is 2.32. The molecule has 0 aliphatic heterocycles. The van der Waals surface area contributed by atoms with E-state index in [1.54, 1.807) is 12.1 Å². The average molecular weight is 321 g/mol. The Morgan fingerprint density at radius 3 is 2.35 bits per heavy atom. The standard InChI is InChI=1S/C13H16BrClFN/c14-10-6-5-9(12(16)11(10)15)13(17)7-3-1-2-4-8-13/h5-6H,1-4,7-8,17H2. The lowest BCUT2D eigenvalue weighted by molar-refractivity contribution is 0.368. The topological polar surface area (TPSA) is 26.0 Å². The zero-order valence-corrected chi connectivity index (χ0v) is 12.0. The SMILES string of the molecule is NC1(c2ccc(Br)c(Cl)c2F)CCCCCC1. The number of rotatable bonds is 1. The predicted octanol–water partition coefficient (Wildman–Crippen LogP) is 4.75. The molecule has 1 nitrogen and oxygen atoms in total. The lowest BCUT2D eigenvalue weighted by Gasteiger charge is -2.29. The Balaban J connectivity index is 2.41. The van der Waals surface area contributed by atoms with Crippen molar-refractivity contribution >= 4 is 27.5 Å². The summed E-state index contributed by atoms with van der Waals surface area (Å²) in [5.41, 5.74) is 6.40. The van der Waals surface area contributed by atoms with Crippen LogP contribution < -0.4 is 5.73 Å². The third-order valence-electron chi connectivity index (χ3n) is 3.57. The minimum atomic E-state index is -0.551. The zero-order chi connectivity index (χ0) is 12.5. The van der Waals surface area contributed by atoms with E-state index in [4.69, 9.17) is 17.3 Å². The van der Waals surface area contributed by atoms with Crippen LogP contribution in [0.25, 0.3) is 0 Å². The van der Waals surface area contributed by atoms with Crippen LogP contribution in [0.3, 0.4) is 0 Å². The Morgan fingerprint density at radius 2 is 1.76 bits per heavy atom. The van der Waals surface area contributed by atoms with Crippen LogP contribution in [0.4, 0.5) is 4.39 Å². The van der Waals surface area contributed by atoms with Gasteiger partial charge in [-0.2, -0.15) is 0 Å². The van der Waals surface area contributed by atoms with E-state index in [2.05, 4.69) is 15.9 Å². The smallest absolute Gasteiger partial charge is 0.147 e. The second-order valence-corrected chi connectivity index (χ2v) is 6.03. The van der Waals surface area contributed by atoms with Gasteiger partial charge in [-0.15, -0.1) is 0 Å². The quantitative estimate of drug-likeness (QED) is 0.586. The first kappa shape index (κ1) is 13.3. The molecule has 0 saturated heterocycles. The Morgan fingerprint density at radius 1 is 1.18 bits per heavy atom. The van der Waals surface area contributed by atoms with Gasteiger partial charge in [-0.1, -0.05) is 43.4 Å². The van der Waals surface area contributed by atoms with Crippen LogP contribution in [0.5, 0.6) is 0 Å². The summed E-state index contributed by atoms with van der Waals surface area (Å²) in [5, 5.41) is 0.136. The van der Waals surface area contributed by atoms with Gasteiger partial charge in [0, 0.05) is 15.6 Å². The number of nitrogens with two attached hydrogens (primary N) is 1. The Kier molecular flexibility index (Phi) is 4.11. The average Bonchev–Trinajstić information content (AvgIpc) is 2.52. The maximum absolute atomic E-state index is 14.2. The highest BCUT2D eigenvalue weighted by molar-refractivity contribution is 9.10. The molecule has 1 aromatic carbocycles. The molecule has 0 unspecified atom stereocenters. The predicted molar refractivity (Wildman–Crippen MR) is 72.7 cm³/mol. The first-order valence-corrected chi connectivity index (χ1v) is 7.14. The van der Waals surface area contributed by atoms with Gasteiger partial charge in [0.25, 0.3) is 0 Å². The molecule has 1 saturated carbocycles. The van der Waals surface area contributed by atoms with E-state index in [9.17, 15) is 4.39 Å². The number of hydrogen-bond donors (Lipinski definition) is 1. The van der Waals surface area contributed by atoms with E-state index in [1.807, 2.05) is 0 Å². The van der Waals surface area contributed by atoms with Crippen LogP contribution >= 0.6 is 27.5 Å². The first-order valence-electron chi connectivity index (χ1n) is 5.97. The molecule has 2 N–H and O–H groups in total. The molecule has 4 heteroatoms. The molecule has 0 spiro atoms. The van der Waals surface area contributed by atoms with E-state index in [0.29, 0.717) is 10.0 Å². The maximum atomic E-state index is 14.2. The molecule has 1 aromatic rings. The van der Waals surface area contributed by atoms with Crippen LogP contribution in [0.2, 0.25) is 5.02 Å². The van der Waals surface area contributed by atoms with E-state index >= 15 is 0 Å². The largest absolute Gasteiger partial charge is 0.321 e. The third kappa shape index (κ3) is 2.67. The van der Waals surface area contributed by atoms with Crippen LogP contribution in [0.1, 0.15) is 44.1 Å². The number of halogens is 3. The van der Waals surface area contributed by atoms with E-state index < -0.39 is 5.54 Å². The summed E-state index contributed by atoms with van der Waals surface area (Å²) >= 11 is 9.15. The van der Waals surface area contributed by atoms with Crippen molar-refractivity contribution in [2.45, 2.75) is 44.1 Å². The molecule has 1 aliphatic carbocycles. The highest BCUT2D eigenvalue weighted by Crippen LogP contribution is 2.38. The fourth-order valence-corrected chi connectivity index (χ4v) is 3.01. The van der Waals surface area contributed by atoms with Crippen molar-refractivity contribution < 1.29 is 4.39 Å². The normalized spacial score (nSPS) is 20.0. The van der Waals surface area contributed by atoms with Crippen molar-refractivity contribution in [3.8, 4) is 0 Å². The summed E-state index contributed by atoms with van der Waals surface area (Å²) in [6, 6.07) is 3.54. The summed E-state index contributed by atoms with van der Waals surface area (Å²) in [4.78, 5) is 0. The van der Waals surface area contributed by atoms with Crippen LogP contribution in [0, 0.1) is 5.82 Å². The lowest BCUT2D eigenvalue weighted by atomic mass is 9.83. The van der Waals surface area contributed by atoms with Gasteiger partial charge in [-0.3, -0.25) is 0 Å². The van der Waals surface area contributed by atoms with Gasteiger partial charge in [-0.25, -0.2) is 4.39 Å². The molecule has 0 atom stereocenters. The molecule has 94 valence electrons. The Hall–Kier alpha value is -0.120. The second-order valence-electron chi connectivity index (χ2n) is 4.79. The molecule has 17 heavy (non-hydrogen) atoms. The summed E-state index contributed by atoms with van der Waals surface area (Å²) in [7, 11) is 0. The molecule has 0 amide bonds. The summed E-state index contributed by atoms with van der Waals surface area (Å²) in [6.45, 7) is 0. The molecule has 0 radical (unpaired) electrons. The fourth-order valence-electron chi connectivity index (χ4n) is 2.54. The first-order chi connectivity index (χ1) is 8.04. The minimum Gasteiger partial charge on any atom is -0.321 e. The van der Waals surface area contributed by atoms with Gasteiger partial charge in [0.2, 0.25) is 0 Å². The van der Waals surface area contributed by atoms with Crippen molar-refractivity contribution in [3.63, 3.8) is 0 Å². The number of benzene rings is 1. The maximum Gasteiger partial charge on any atom is 0.147 e. The van der Waals surface area contributed by atoms with Crippen molar-refractivity contribution in [2.24, 2.45) is 5.73 Å². The van der Waals surface area contributed by atoms with Crippen molar-refractivity contribution in [1.82, 2.24) is 0 Å². The van der Waals surface area contributed by atoms with Crippen molar-refractivity contribution in [2.75, 3.05) is 0 Å². The molecule has 0 heterocycles. The van der Waals surface area contributed by atoms with Crippen LogP contribution in [0.15, 0.2) is 16.6 Å². The lowest BCUT2D eigenvalue weighted by Crippen LogP contribution is -2.37. The van der Waals surface area contributed by atoms with E-state index in [0.717, 1.165) is 25.7 Å². The molecule has 2 rings (SSSR count). The Bertz CT molecular complexity index is 414. The Labute approximate surface area is 115 Å². The van der Waals surface area contributed by atoms with Gasteiger partial charge < -0.3 is 5.73 Å². The molecular formula is C13H16BrClFN. The monoisotopic (exact) mass is 319 g/mol. The summed E-state index contributed by atoms with van der Waals surface area (Å²) < 4.78 is 14.8.